The van der Waals surface area contributed by atoms with Gasteiger partial charge in [-0.05, 0) is 62.5 Å². The van der Waals surface area contributed by atoms with Crippen LogP contribution in [0.1, 0.15) is 101 Å². The third kappa shape index (κ3) is 15.1. The molecule has 2 aliphatic rings. The van der Waals surface area contributed by atoms with Crippen LogP contribution < -0.4 is 5.32 Å². The van der Waals surface area contributed by atoms with Gasteiger partial charge in [0.25, 0.3) is 0 Å². The molecule has 1 aliphatic heterocycles. The largest absolute Gasteiger partial charge is 0.508 e. The minimum absolute atomic E-state index is 0.00171. The number of carbonyl (C=O) groups excluding carboxylic acids is 3. The Balaban J connectivity index is 0.000000741. The lowest BCUT2D eigenvalue weighted by molar-refractivity contribution is -0.124. The van der Waals surface area contributed by atoms with E-state index in [0.717, 1.165) is 55.8 Å². The van der Waals surface area contributed by atoms with Gasteiger partial charge in [0.05, 0.1) is 23.9 Å². The Hall–Kier alpha value is -4.24. The van der Waals surface area contributed by atoms with E-state index < -0.39 is 11.7 Å². The number of hydrogen-bond donors (Lipinski definition) is 2. The van der Waals surface area contributed by atoms with E-state index in [1.165, 1.54) is 25.0 Å². The highest BCUT2D eigenvalue weighted by molar-refractivity contribution is 5.78. The van der Waals surface area contributed by atoms with Crippen molar-refractivity contribution in [1.29, 1.82) is 5.26 Å². The lowest BCUT2D eigenvalue weighted by atomic mass is 9.95. The molecule has 0 saturated carbocycles. The molecule has 12 heteroatoms. The van der Waals surface area contributed by atoms with Crippen molar-refractivity contribution in [3.8, 4) is 11.8 Å². The molecule has 0 spiro atoms. The highest BCUT2D eigenvalue weighted by Crippen LogP contribution is 2.36. The molecule has 9 nitrogen and oxygen atoms in total. The second kappa shape index (κ2) is 24.0. The molecule has 1 saturated heterocycles. The number of benzene rings is 1. The van der Waals surface area contributed by atoms with E-state index in [2.05, 4.69) is 15.3 Å². The number of phenols is 1. The first-order chi connectivity index (χ1) is 23.0. The van der Waals surface area contributed by atoms with E-state index in [0.29, 0.717) is 18.4 Å². The molecule has 4 rings (SSSR count). The number of halogens is 3. The summed E-state index contributed by atoms with van der Waals surface area (Å²) in [7, 11) is 1.60. The molecule has 1 fully saturated rings. The van der Waals surface area contributed by atoms with Crippen LogP contribution in [0, 0.1) is 17.2 Å². The van der Waals surface area contributed by atoms with E-state index in [4.69, 9.17) is 10.4 Å². The van der Waals surface area contributed by atoms with Gasteiger partial charge in [-0.1, -0.05) is 53.7 Å². The first-order valence-corrected chi connectivity index (χ1v) is 16.5. The van der Waals surface area contributed by atoms with Crippen LogP contribution in [0.15, 0.2) is 53.9 Å². The fourth-order valence-corrected chi connectivity index (χ4v) is 4.80. The molecule has 2 unspecified atom stereocenters. The number of allylic oxidation sites excluding steroid dienone is 4. The average molecular weight is 676 g/mol. The van der Waals surface area contributed by atoms with Crippen LogP contribution in [0.2, 0.25) is 0 Å². The third-order valence-corrected chi connectivity index (χ3v) is 7.31. The van der Waals surface area contributed by atoms with Crippen molar-refractivity contribution in [1.82, 2.24) is 20.0 Å². The minimum atomic E-state index is -4.49. The zero-order valence-corrected chi connectivity index (χ0v) is 29.3. The molecule has 2 atom stereocenters. The highest BCUT2D eigenvalue weighted by Gasteiger charge is 2.37. The number of nitriles is 1. The Morgan fingerprint density at radius 3 is 2.35 bits per heavy atom. The fraction of sp³-hybridized carbons (Fsp3) is 0.528. The average Bonchev–Trinajstić information content (AvgIpc) is 3.81. The molecule has 0 bridgehead atoms. The van der Waals surface area contributed by atoms with Gasteiger partial charge >= 0.3 is 6.18 Å². The Morgan fingerprint density at radius 2 is 1.83 bits per heavy atom. The molecule has 1 aliphatic carbocycles. The molecule has 2 N–H and O–H groups in total. The van der Waals surface area contributed by atoms with Gasteiger partial charge in [0, 0.05) is 55.2 Å². The van der Waals surface area contributed by atoms with Crippen LogP contribution in [-0.2, 0) is 22.6 Å². The maximum Gasteiger partial charge on any atom is 0.417 e. The molecule has 1 aromatic carbocycles. The van der Waals surface area contributed by atoms with Gasteiger partial charge in [-0.3, -0.25) is 19.2 Å². The normalized spacial score (nSPS) is 15.8. The summed E-state index contributed by atoms with van der Waals surface area (Å²) in [6.45, 7) is 14.7. The Morgan fingerprint density at radius 1 is 1.19 bits per heavy atom. The van der Waals surface area contributed by atoms with Crippen molar-refractivity contribution in [3.63, 3.8) is 0 Å². The van der Waals surface area contributed by atoms with Crippen molar-refractivity contribution in [3.05, 3.63) is 70.6 Å². The zero-order valence-electron chi connectivity index (χ0n) is 29.3. The standard InChI is InChI=1S/C16H17F3N4.C9H10O2.C7H13NO2.2C2H6/c17-16(18,19)15-4-3-14(7-13(15)8-20)23-11-12(9-21-23)10-22-5-1-2-6-22;1-2-7-5-9(11)4-3-8(7)6-10;1-6(4-3-5-9)7(10)8-2;2*1-2/h3-4,9,11,14H,1-2,5-7,10H2;3-6,11H,2H2,1H3;5-6H,3-4H2,1-2H3,(H,8,10);2*1-2H3. The molecule has 2 heterocycles. The van der Waals surface area contributed by atoms with Gasteiger partial charge in [0.15, 0.2) is 0 Å². The van der Waals surface area contributed by atoms with E-state index >= 15 is 0 Å². The van der Waals surface area contributed by atoms with E-state index in [9.17, 15) is 27.6 Å². The predicted molar refractivity (Wildman–Crippen MR) is 182 cm³/mol. The third-order valence-electron chi connectivity index (χ3n) is 7.31. The summed E-state index contributed by atoms with van der Waals surface area (Å²) in [5.74, 6) is 0.171. The van der Waals surface area contributed by atoms with Gasteiger partial charge in [0.1, 0.15) is 18.3 Å². The molecule has 0 radical (unpaired) electrons. The maximum atomic E-state index is 12.9. The number of rotatable bonds is 9. The quantitative estimate of drug-likeness (QED) is 0.263. The molecular formula is C36H52F3N5O4. The highest BCUT2D eigenvalue weighted by atomic mass is 19.4. The van der Waals surface area contributed by atoms with E-state index in [1.54, 1.807) is 36.1 Å². The maximum absolute atomic E-state index is 12.9. The fourth-order valence-electron chi connectivity index (χ4n) is 4.80. The Labute approximate surface area is 283 Å². The van der Waals surface area contributed by atoms with Gasteiger partial charge in [-0.15, -0.1) is 0 Å². The van der Waals surface area contributed by atoms with Crippen molar-refractivity contribution < 1.29 is 32.7 Å². The molecular weight excluding hydrogens is 623 g/mol. The number of phenolic OH excluding ortho intramolecular Hbond substituents is 1. The topological polar surface area (TPSA) is 128 Å². The van der Waals surface area contributed by atoms with Crippen molar-refractivity contribution in [2.24, 2.45) is 5.92 Å². The molecule has 266 valence electrons. The van der Waals surface area contributed by atoms with Crippen LogP contribution in [0.5, 0.6) is 5.75 Å². The predicted octanol–water partition coefficient (Wildman–Crippen LogP) is 7.53. The summed E-state index contributed by atoms with van der Waals surface area (Å²) in [6, 6.07) is 6.10. The number of amides is 1. The van der Waals surface area contributed by atoms with Crippen molar-refractivity contribution in [2.45, 2.75) is 98.8 Å². The number of carbonyl (C=O) groups is 3. The SMILES string of the molecule is CC.CC.CCc1cc(O)ccc1C=O.CNC(=O)C(C)CCC=O.N#CC1=C(C(F)(F)F)C=CC(n2cc(CN3CCCC3)cn2)C1. The number of hydrogen-bond acceptors (Lipinski definition) is 7. The van der Waals surface area contributed by atoms with Crippen LogP contribution in [-0.4, -0.2) is 64.6 Å². The lowest BCUT2D eigenvalue weighted by Gasteiger charge is -2.20. The Bertz CT molecular complexity index is 1360. The monoisotopic (exact) mass is 675 g/mol. The molecule has 48 heavy (non-hydrogen) atoms. The number of aryl methyl sites for hydroxylation is 1. The zero-order chi connectivity index (χ0) is 36.7. The van der Waals surface area contributed by atoms with Crippen molar-refractivity contribution in [2.75, 3.05) is 20.1 Å². The second-order valence-corrected chi connectivity index (χ2v) is 10.6. The minimum Gasteiger partial charge on any atom is -0.508 e. The number of aldehydes is 2. The summed E-state index contributed by atoms with van der Waals surface area (Å²) in [6.07, 6.45) is 7.53. The second-order valence-electron chi connectivity index (χ2n) is 10.6. The summed E-state index contributed by atoms with van der Waals surface area (Å²) < 4.78 is 40.2. The van der Waals surface area contributed by atoms with Crippen molar-refractivity contribution >= 4 is 18.5 Å². The summed E-state index contributed by atoms with van der Waals surface area (Å²) in [4.78, 5) is 33.4. The summed E-state index contributed by atoms with van der Waals surface area (Å²) >= 11 is 0. The van der Waals surface area contributed by atoms with Crippen LogP contribution >= 0.6 is 0 Å². The number of aromatic nitrogens is 2. The van der Waals surface area contributed by atoms with Crippen LogP contribution in [0.4, 0.5) is 13.2 Å². The lowest BCUT2D eigenvalue weighted by Crippen LogP contribution is -2.25. The number of aromatic hydroxyl groups is 1. The van der Waals surface area contributed by atoms with E-state index in [-0.39, 0.29) is 35.6 Å². The number of likely N-dealkylation sites (tertiary alicyclic amines) is 1. The summed E-state index contributed by atoms with van der Waals surface area (Å²) in [5.41, 5.74) is 1.51. The first kappa shape index (κ1) is 43.8. The summed E-state index contributed by atoms with van der Waals surface area (Å²) in [5, 5.41) is 24.8. The Kier molecular flexibility index (Phi) is 21.9. The van der Waals surface area contributed by atoms with Gasteiger partial charge in [-0.25, -0.2) is 0 Å². The molecule has 1 aromatic heterocycles. The van der Waals surface area contributed by atoms with E-state index in [1.807, 2.05) is 47.7 Å². The smallest absolute Gasteiger partial charge is 0.417 e. The van der Waals surface area contributed by atoms with Gasteiger partial charge < -0.3 is 15.2 Å². The van der Waals surface area contributed by atoms with Crippen LogP contribution in [0.3, 0.4) is 0 Å². The molecule has 1 amide bonds. The van der Waals surface area contributed by atoms with Gasteiger partial charge in [-0.2, -0.15) is 23.5 Å². The van der Waals surface area contributed by atoms with Crippen LogP contribution in [0.25, 0.3) is 0 Å². The number of nitrogens with zero attached hydrogens (tertiary/aromatic N) is 4. The number of alkyl halides is 3. The molecule has 2 aromatic rings. The first-order valence-electron chi connectivity index (χ1n) is 16.5. The number of nitrogens with one attached hydrogen (secondary N) is 1. The van der Waals surface area contributed by atoms with Gasteiger partial charge in [0.2, 0.25) is 5.91 Å².